The second kappa shape index (κ2) is 6.06. The lowest BCUT2D eigenvalue weighted by molar-refractivity contribution is -0.393. The van der Waals surface area contributed by atoms with Crippen LogP contribution >= 0.6 is 0 Å². The molecule has 0 saturated carbocycles. The maximum absolute atomic E-state index is 10.8. The van der Waals surface area contributed by atoms with E-state index in [0.717, 1.165) is 12.1 Å². The van der Waals surface area contributed by atoms with Crippen LogP contribution in [0.5, 0.6) is 0 Å². The minimum atomic E-state index is -0.938. The first-order valence-electron chi connectivity index (χ1n) is 5.63. The van der Waals surface area contributed by atoms with Crippen molar-refractivity contribution in [3.63, 3.8) is 0 Å². The summed E-state index contributed by atoms with van der Waals surface area (Å²) in [4.78, 5) is 20.0. The first-order chi connectivity index (χ1) is 9.20. The van der Waals surface area contributed by atoms with E-state index in [1.54, 1.807) is 13.8 Å². The summed E-state index contributed by atoms with van der Waals surface area (Å²) in [5.41, 5.74) is 0.707. The summed E-state index contributed by atoms with van der Waals surface area (Å²) < 4.78 is 0. The molecule has 0 bridgehead atoms. The van der Waals surface area contributed by atoms with Gasteiger partial charge in [0, 0.05) is 18.7 Å². The van der Waals surface area contributed by atoms with E-state index >= 15 is 0 Å². The molecule has 108 valence electrons. The summed E-state index contributed by atoms with van der Waals surface area (Å²) in [5.74, 6) is 0. The van der Waals surface area contributed by atoms with Gasteiger partial charge >= 0.3 is 5.69 Å². The van der Waals surface area contributed by atoms with Crippen molar-refractivity contribution >= 4 is 23.3 Å². The highest BCUT2D eigenvalue weighted by Gasteiger charge is 2.19. The van der Waals surface area contributed by atoms with Crippen molar-refractivity contribution in [2.45, 2.75) is 25.9 Å². The molecule has 1 aromatic rings. The third kappa shape index (κ3) is 4.61. The molecule has 0 fully saturated rings. The number of anilines is 1. The predicted octanol–water partition coefficient (Wildman–Crippen LogP) is 2.06. The molecular weight excluding hydrogens is 268 g/mol. The summed E-state index contributed by atoms with van der Waals surface area (Å²) in [5, 5.41) is 34.6. The van der Waals surface area contributed by atoms with Crippen LogP contribution in [0, 0.1) is 20.2 Å². The minimum Gasteiger partial charge on any atom is -0.390 e. The fraction of sp³-hybridized carbons (Fsp3) is 0.364. The molecule has 0 aliphatic carbocycles. The van der Waals surface area contributed by atoms with Crippen molar-refractivity contribution in [2.75, 3.05) is 5.43 Å². The third-order valence-corrected chi connectivity index (χ3v) is 2.26. The van der Waals surface area contributed by atoms with Gasteiger partial charge in [-0.25, -0.2) is 0 Å². The van der Waals surface area contributed by atoms with Gasteiger partial charge in [0.1, 0.15) is 5.69 Å². The zero-order chi connectivity index (χ0) is 15.3. The normalized spacial score (nSPS) is 11.6. The Kier molecular flexibility index (Phi) is 4.70. The van der Waals surface area contributed by atoms with Crippen LogP contribution in [-0.4, -0.2) is 26.8 Å². The van der Waals surface area contributed by atoms with E-state index in [0.29, 0.717) is 0 Å². The van der Waals surface area contributed by atoms with Crippen molar-refractivity contribution in [3.05, 3.63) is 38.4 Å². The lowest BCUT2D eigenvalue weighted by atomic mass is 10.1. The van der Waals surface area contributed by atoms with Gasteiger partial charge in [0.2, 0.25) is 0 Å². The number of nitro benzene ring substituents is 2. The maximum atomic E-state index is 10.8. The first kappa shape index (κ1) is 15.5. The number of nitrogens with one attached hydrogen (secondary N) is 1. The van der Waals surface area contributed by atoms with Gasteiger partial charge in [0.15, 0.2) is 0 Å². The SMILES string of the molecule is CC(C)(O)CC=NNc1ccc([N+](=O)[O-])cc1[N+](=O)[O-]. The molecule has 1 rings (SSSR count). The van der Waals surface area contributed by atoms with Crippen LogP contribution in [0.25, 0.3) is 0 Å². The van der Waals surface area contributed by atoms with Gasteiger partial charge in [0.25, 0.3) is 5.69 Å². The molecule has 0 radical (unpaired) electrons. The van der Waals surface area contributed by atoms with Crippen LogP contribution in [0.3, 0.4) is 0 Å². The zero-order valence-corrected chi connectivity index (χ0v) is 10.9. The highest BCUT2D eigenvalue weighted by atomic mass is 16.6. The summed E-state index contributed by atoms with van der Waals surface area (Å²) in [6.07, 6.45) is 1.62. The Morgan fingerprint density at radius 1 is 1.35 bits per heavy atom. The standard InChI is InChI=1S/C11H14N4O5/c1-11(2,16)5-6-12-13-9-4-3-8(14(17)18)7-10(9)15(19)20/h3-4,6-7,13,16H,5H2,1-2H3. The van der Waals surface area contributed by atoms with Crippen molar-refractivity contribution in [2.24, 2.45) is 5.10 Å². The molecule has 9 nitrogen and oxygen atoms in total. The van der Waals surface area contributed by atoms with E-state index in [2.05, 4.69) is 10.5 Å². The Labute approximate surface area is 114 Å². The fourth-order valence-corrected chi connectivity index (χ4v) is 1.26. The molecule has 0 aliphatic heterocycles. The van der Waals surface area contributed by atoms with Crippen molar-refractivity contribution in [1.29, 1.82) is 0 Å². The number of hydrogen-bond acceptors (Lipinski definition) is 7. The highest BCUT2D eigenvalue weighted by Crippen LogP contribution is 2.28. The van der Waals surface area contributed by atoms with E-state index in [1.165, 1.54) is 12.3 Å². The summed E-state index contributed by atoms with van der Waals surface area (Å²) in [6, 6.07) is 3.20. The number of hydrogen-bond donors (Lipinski definition) is 2. The lowest BCUT2D eigenvalue weighted by Gasteiger charge is -2.12. The van der Waals surface area contributed by atoms with E-state index in [-0.39, 0.29) is 17.8 Å². The molecule has 0 amide bonds. The van der Waals surface area contributed by atoms with Gasteiger partial charge in [-0.2, -0.15) is 5.10 Å². The number of nitro groups is 2. The quantitative estimate of drug-likeness (QED) is 0.466. The molecule has 0 spiro atoms. The molecule has 0 unspecified atom stereocenters. The zero-order valence-electron chi connectivity index (χ0n) is 10.9. The number of rotatable bonds is 6. The van der Waals surface area contributed by atoms with Gasteiger partial charge < -0.3 is 5.11 Å². The van der Waals surface area contributed by atoms with Gasteiger partial charge in [-0.1, -0.05) is 0 Å². The van der Waals surface area contributed by atoms with E-state index in [1.807, 2.05) is 0 Å². The summed E-state index contributed by atoms with van der Waals surface area (Å²) >= 11 is 0. The Morgan fingerprint density at radius 2 is 2.00 bits per heavy atom. The number of hydrazone groups is 1. The smallest absolute Gasteiger partial charge is 0.301 e. The number of benzene rings is 1. The van der Waals surface area contributed by atoms with E-state index in [4.69, 9.17) is 0 Å². The van der Waals surface area contributed by atoms with Crippen molar-refractivity contribution in [3.8, 4) is 0 Å². The Bertz CT molecular complexity index is 550. The molecule has 0 aliphatic rings. The van der Waals surface area contributed by atoms with Gasteiger partial charge in [-0.3, -0.25) is 25.7 Å². The second-order valence-electron chi connectivity index (χ2n) is 4.66. The average molecular weight is 282 g/mol. The Hall–Kier alpha value is -2.55. The van der Waals surface area contributed by atoms with Crippen LogP contribution < -0.4 is 5.43 Å². The second-order valence-corrected chi connectivity index (χ2v) is 4.66. The van der Waals surface area contributed by atoms with Crippen LogP contribution in [0.2, 0.25) is 0 Å². The molecule has 0 aromatic heterocycles. The van der Waals surface area contributed by atoms with Crippen LogP contribution in [-0.2, 0) is 0 Å². The van der Waals surface area contributed by atoms with Crippen molar-refractivity contribution in [1.82, 2.24) is 0 Å². The number of non-ortho nitro benzene ring substituents is 1. The number of aliphatic hydroxyl groups is 1. The van der Waals surface area contributed by atoms with Gasteiger partial charge in [-0.05, 0) is 19.9 Å². The van der Waals surface area contributed by atoms with Crippen LogP contribution in [0.1, 0.15) is 20.3 Å². The largest absolute Gasteiger partial charge is 0.390 e. The molecule has 1 aromatic carbocycles. The van der Waals surface area contributed by atoms with Crippen molar-refractivity contribution < 1.29 is 15.0 Å². The molecule has 20 heavy (non-hydrogen) atoms. The summed E-state index contributed by atoms with van der Waals surface area (Å²) in [6.45, 7) is 3.18. The first-order valence-corrected chi connectivity index (χ1v) is 5.63. The Morgan fingerprint density at radius 3 is 2.50 bits per heavy atom. The fourth-order valence-electron chi connectivity index (χ4n) is 1.26. The molecule has 2 N–H and O–H groups in total. The van der Waals surface area contributed by atoms with E-state index < -0.39 is 21.1 Å². The number of nitrogens with zero attached hydrogens (tertiary/aromatic N) is 3. The van der Waals surface area contributed by atoms with Gasteiger partial charge in [-0.15, -0.1) is 0 Å². The topological polar surface area (TPSA) is 131 Å². The summed E-state index contributed by atoms with van der Waals surface area (Å²) in [7, 11) is 0. The molecule has 9 heteroatoms. The van der Waals surface area contributed by atoms with E-state index in [9.17, 15) is 25.3 Å². The minimum absolute atomic E-state index is 0.0348. The molecule has 0 saturated heterocycles. The highest BCUT2D eigenvalue weighted by molar-refractivity contribution is 5.67. The lowest BCUT2D eigenvalue weighted by Crippen LogP contribution is -2.18. The predicted molar refractivity (Wildman–Crippen MR) is 72.8 cm³/mol. The van der Waals surface area contributed by atoms with Crippen LogP contribution in [0.15, 0.2) is 23.3 Å². The molecule has 0 atom stereocenters. The molecule has 0 heterocycles. The average Bonchev–Trinajstić information content (AvgIpc) is 2.33. The third-order valence-electron chi connectivity index (χ3n) is 2.26. The van der Waals surface area contributed by atoms with Gasteiger partial charge in [0.05, 0.1) is 21.5 Å². The Balaban J connectivity index is 2.90. The maximum Gasteiger partial charge on any atom is 0.301 e. The van der Waals surface area contributed by atoms with Crippen LogP contribution in [0.4, 0.5) is 17.1 Å². The molecular formula is C11H14N4O5. The monoisotopic (exact) mass is 282 g/mol.